The summed E-state index contributed by atoms with van der Waals surface area (Å²) in [6.07, 6.45) is 0.299. The Morgan fingerprint density at radius 3 is 2.12 bits per heavy atom. The van der Waals surface area contributed by atoms with E-state index in [0.717, 1.165) is 6.42 Å². The van der Waals surface area contributed by atoms with Crippen LogP contribution >= 0.6 is 0 Å². The Bertz CT molecular complexity index is 230. The molecule has 16 heavy (non-hydrogen) atoms. The SMILES string of the molecule is CCCN(C(=O)OCC)C(C)C(=O)OCC. The Morgan fingerprint density at radius 1 is 1.12 bits per heavy atom. The standard InChI is InChI=1S/C11H21NO4/c1-5-8-12(11(14)16-7-3)9(4)10(13)15-6-2/h9H,5-8H2,1-4H3. The molecule has 1 amide bonds. The third-order valence-corrected chi connectivity index (χ3v) is 2.06. The zero-order valence-corrected chi connectivity index (χ0v) is 10.5. The lowest BCUT2D eigenvalue weighted by molar-refractivity contribution is -0.148. The van der Waals surface area contributed by atoms with Gasteiger partial charge in [-0.3, -0.25) is 4.90 Å². The molecule has 0 saturated heterocycles. The summed E-state index contributed by atoms with van der Waals surface area (Å²) in [4.78, 5) is 24.5. The molecule has 0 aromatic carbocycles. The van der Waals surface area contributed by atoms with Gasteiger partial charge in [0.25, 0.3) is 0 Å². The minimum absolute atomic E-state index is 0.300. The highest BCUT2D eigenvalue weighted by molar-refractivity contribution is 5.81. The number of carbonyl (C=O) groups excluding carboxylic acids is 2. The van der Waals surface area contributed by atoms with Gasteiger partial charge in [-0.2, -0.15) is 0 Å². The van der Waals surface area contributed by atoms with Gasteiger partial charge in [0.15, 0.2) is 0 Å². The van der Waals surface area contributed by atoms with E-state index in [-0.39, 0.29) is 0 Å². The molecule has 0 fully saturated rings. The van der Waals surface area contributed by atoms with Crippen LogP contribution in [0.3, 0.4) is 0 Å². The second-order valence-corrected chi connectivity index (χ2v) is 3.32. The average molecular weight is 231 g/mol. The summed E-state index contributed by atoms with van der Waals surface area (Å²) in [6.45, 7) is 8.14. The lowest BCUT2D eigenvalue weighted by Gasteiger charge is -2.26. The van der Waals surface area contributed by atoms with Crippen LogP contribution in [0.4, 0.5) is 4.79 Å². The van der Waals surface area contributed by atoms with Crippen LogP contribution in [-0.2, 0) is 14.3 Å². The van der Waals surface area contributed by atoms with Crippen LogP contribution in [0, 0.1) is 0 Å². The fourth-order valence-electron chi connectivity index (χ4n) is 1.28. The average Bonchev–Trinajstić information content (AvgIpc) is 2.25. The van der Waals surface area contributed by atoms with Crippen LogP contribution < -0.4 is 0 Å². The Labute approximate surface area is 96.7 Å². The maximum absolute atomic E-state index is 11.6. The Balaban J connectivity index is 4.50. The van der Waals surface area contributed by atoms with Gasteiger partial charge >= 0.3 is 12.1 Å². The quantitative estimate of drug-likeness (QED) is 0.654. The van der Waals surface area contributed by atoms with Gasteiger partial charge in [0, 0.05) is 6.54 Å². The number of ether oxygens (including phenoxy) is 2. The smallest absolute Gasteiger partial charge is 0.410 e. The zero-order chi connectivity index (χ0) is 12.6. The molecular weight excluding hydrogens is 210 g/mol. The van der Waals surface area contributed by atoms with E-state index in [2.05, 4.69) is 0 Å². The number of esters is 1. The summed E-state index contributed by atoms with van der Waals surface area (Å²) in [6, 6.07) is -0.598. The van der Waals surface area contributed by atoms with Crippen molar-refractivity contribution in [2.75, 3.05) is 19.8 Å². The van der Waals surface area contributed by atoms with Crippen LogP contribution in [0.15, 0.2) is 0 Å². The van der Waals surface area contributed by atoms with Crippen molar-refractivity contribution in [2.45, 2.75) is 40.2 Å². The molecule has 0 bridgehead atoms. The van der Waals surface area contributed by atoms with Crippen LogP contribution in [0.2, 0.25) is 0 Å². The topological polar surface area (TPSA) is 55.8 Å². The van der Waals surface area contributed by atoms with E-state index in [1.807, 2.05) is 6.92 Å². The summed E-state index contributed by atoms with van der Waals surface area (Å²) in [5, 5.41) is 0. The second kappa shape index (κ2) is 7.96. The van der Waals surface area contributed by atoms with Gasteiger partial charge in [-0.05, 0) is 27.2 Å². The molecule has 1 atom stereocenters. The van der Waals surface area contributed by atoms with Crippen molar-refractivity contribution in [1.82, 2.24) is 4.90 Å². The molecule has 5 heteroatoms. The first kappa shape index (κ1) is 14.7. The highest BCUT2D eigenvalue weighted by Gasteiger charge is 2.26. The van der Waals surface area contributed by atoms with Crippen LogP contribution in [-0.4, -0.2) is 42.8 Å². The number of carbonyl (C=O) groups is 2. The molecule has 0 aliphatic rings. The lowest BCUT2D eigenvalue weighted by Crippen LogP contribution is -2.44. The number of hydrogen-bond acceptors (Lipinski definition) is 4. The first-order valence-electron chi connectivity index (χ1n) is 5.68. The molecular formula is C11H21NO4. The molecule has 0 heterocycles. The maximum atomic E-state index is 11.6. The van der Waals surface area contributed by atoms with E-state index in [4.69, 9.17) is 9.47 Å². The number of amides is 1. The summed E-state index contributed by atoms with van der Waals surface area (Å²) in [5.74, 6) is -0.399. The van der Waals surface area contributed by atoms with Crippen molar-refractivity contribution in [3.8, 4) is 0 Å². The van der Waals surface area contributed by atoms with E-state index in [1.165, 1.54) is 4.90 Å². The zero-order valence-electron chi connectivity index (χ0n) is 10.5. The van der Waals surface area contributed by atoms with Gasteiger partial charge < -0.3 is 9.47 Å². The van der Waals surface area contributed by atoms with Crippen LogP contribution in [0.5, 0.6) is 0 Å². The molecule has 0 radical (unpaired) electrons. The van der Waals surface area contributed by atoms with Crippen molar-refractivity contribution in [1.29, 1.82) is 0 Å². The van der Waals surface area contributed by atoms with Gasteiger partial charge in [-0.1, -0.05) is 6.92 Å². The number of rotatable bonds is 6. The Kier molecular flexibility index (Phi) is 7.33. The minimum Gasteiger partial charge on any atom is -0.464 e. The van der Waals surface area contributed by atoms with E-state index in [9.17, 15) is 9.59 Å². The van der Waals surface area contributed by atoms with Crippen molar-refractivity contribution in [3.63, 3.8) is 0 Å². The van der Waals surface area contributed by atoms with E-state index >= 15 is 0 Å². The molecule has 5 nitrogen and oxygen atoms in total. The molecule has 0 saturated carbocycles. The molecule has 0 aliphatic heterocycles. The van der Waals surface area contributed by atoms with Gasteiger partial charge in [0.05, 0.1) is 13.2 Å². The number of hydrogen-bond donors (Lipinski definition) is 0. The van der Waals surface area contributed by atoms with Gasteiger partial charge in [0.1, 0.15) is 6.04 Å². The third-order valence-electron chi connectivity index (χ3n) is 2.06. The Hall–Kier alpha value is -1.26. The monoisotopic (exact) mass is 231 g/mol. The lowest BCUT2D eigenvalue weighted by atomic mass is 10.3. The fourth-order valence-corrected chi connectivity index (χ4v) is 1.28. The summed E-state index contributed by atoms with van der Waals surface area (Å²) in [5.41, 5.74) is 0. The maximum Gasteiger partial charge on any atom is 0.410 e. The molecule has 0 aromatic heterocycles. The Morgan fingerprint density at radius 2 is 1.69 bits per heavy atom. The van der Waals surface area contributed by atoms with Crippen molar-refractivity contribution in [3.05, 3.63) is 0 Å². The largest absolute Gasteiger partial charge is 0.464 e. The van der Waals surface area contributed by atoms with Crippen molar-refractivity contribution >= 4 is 12.1 Å². The fraction of sp³-hybridized carbons (Fsp3) is 0.818. The van der Waals surface area contributed by atoms with Crippen molar-refractivity contribution in [2.24, 2.45) is 0 Å². The summed E-state index contributed by atoms with van der Waals surface area (Å²) < 4.78 is 9.76. The van der Waals surface area contributed by atoms with E-state index < -0.39 is 18.1 Å². The third kappa shape index (κ3) is 4.51. The van der Waals surface area contributed by atoms with Gasteiger partial charge in [-0.15, -0.1) is 0 Å². The van der Waals surface area contributed by atoms with Crippen LogP contribution in [0.1, 0.15) is 34.1 Å². The molecule has 0 aromatic rings. The van der Waals surface area contributed by atoms with Gasteiger partial charge in [-0.25, -0.2) is 9.59 Å². The predicted molar refractivity (Wildman–Crippen MR) is 60.1 cm³/mol. The molecule has 0 spiro atoms. The highest BCUT2D eigenvalue weighted by atomic mass is 16.6. The van der Waals surface area contributed by atoms with Crippen LogP contribution in [0.25, 0.3) is 0 Å². The first-order valence-corrected chi connectivity index (χ1v) is 5.68. The molecule has 0 N–H and O–H groups in total. The summed E-state index contributed by atoms with van der Waals surface area (Å²) >= 11 is 0. The number of nitrogens with zero attached hydrogens (tertiary/aromatic N) is 1. The first-order chi connectivity index (χ1) is 7.58. The normalized spacial score (nSPS) is 11.8. The van der Waals surface area contributed by atoms with E-state index in [1.54, 1.807) is 20.8 Å². The minimum atomic E-state index is -0.598. The molecule has 0 rings (SSSR count). The summed E-state index contributed by atoms with van der Waals surface area (Å²) in [7, 11) is 0. The van der Waals surface area contributed by atoms with Gasteiger partial charge in [0.2, 0.25) is 0 Å². The highest BCUT2D eigenvalue weighted by Crippen LogP contribution is 2.05. The van der Waals surface area contributed by atoms with E-state index in [0.29, 0.717) is 19.8 Å². The molecule has 0 aliphatic carbocycles. The molecule has 1 unspecified atom stereocenters. The molecule has 94 valence electrons. The second-order valence-electron chi connectivity index (χ2n) is 3.32. The predicted octanol–water partition coefficient (Wildman–Crippen LogP) is 1.81. The van der Waals surface area contributed by atoms with Crippen molar-refractivity contribution < 1.29 is 19.1 Å².